The number of esters is 3. The fourth-order valence-electron chi connectivity index (χ4n) is 1.95. The summed E-state index contributed by atoms with van der Waals surface area (Å²) in [4.78, 5) is 33.2. The predicted octanol–water partition coefficient (Wildman–Crippen LogP) is -0.643. The summed E-state index contributed by atoms with van der Waals surface area (Å²) in [6.45, 7) is 3.65. The van der Waals surface area contributed by atoms with Crippen LogP contribution in [0.1, 0.15) is 20.8 Å². The van der Waals surface area contributed by atoms with Crippen molar-refractivity contribution < 1.29 is 33.3 Å². The molecule has 0 saturated carbocycles. The second kappa shape index (κ2) is 7.20. The number of carbonyl (C=O) groups is 3. The van der Waals surface area contributed by atoms with Gasteiger partial charge in [-0.25, -0.2) is 0 Å². The van der Waals surface area contributed by atoms with Crippen molar-refractivity contribution in [3.05, 3.63) is 0 Å². The number of ether oxygens (including phenoxy) is 4. The van der Waals surface area contributed by atoms with E-state index in [-0.39, 0.29) is 6.61 Å². The summed E-state index contributed by atoms with van der Waals surface area (Å²) in [5.41, 5.74) is 0. The molecule has 0 bridgehead atoms. The van der Waals surface area contributed by atoms with Gasteiger partial charge in [-0.05, 0) is 7.05 Å². The molecule has 0 amide bonds. The monoisotopic (exact) mass is 289 g/mol. The van der Waals surface area contributed by atoms with Gasteiger partial charge >= 0.3 is 17.9 Å². The third-order valence-electron chi connectivity index (χ3n) is 2.65. The van der Waals surface area contributed by atoms with Crippen LogP contribution >= 0.6 is 0 Å². The second-order valence-electron chi connectivity index (χ2n) is 4.33. The molecule has 1 N–H and O–H groups in total. The predicted molar refractivity (Wildman–Crippen MR) is 65.5 cm³/mol. The van der Waals surface area contributed by atoms with Crippen LogP contribution in [0.5, 0.6) is 0 Å². The smallest absolute Gasteiger partial charge is 0.303 e. The molecule has 1 aliphatic rings. The number of likely N-dealkylation sites (N-methyl/N-ethyl adjacent to an activating group) is 1. The Kier molecular flexibility index (Phi) is 5.90. The van der Waals surface area contributed by atoms with Crippen LogP contribution in [-0.4, -0.2) is 56.1 Å². The van der Waals surface area contributed by atoms with Crippen LogP contribution in [0.2, 0.25) is 0 Å². The van der Waals surface area contributed by atoms with Gasteiger partial charge in [-0.1, -0.05) is 0 Å². The van der Waals surface area contributed by atoms with Crippen LogP contribution in [0.15, 0.2) is 0 Å². The number of nitrogens with one attached hydrogen (secondary N) is 1. The van der Waals surface area contributed by atoms with E-state index in [0.29, 0.717) is 0 Å². The maximum absolute atomic E-state index is 11.2. The summed E-state index contributed by atoms with van der Waals surface area (Å²) >= 11 is 0. The van der Waals surface area contributed by atoms with Crippen LogP contribution in [0.25, 0.3) is 0 Å². The third-order valence-corrected chi connectivity index (χ3v) is 2.65. The van der Waals surface area contributed by atoms with Crippen molar-refractivity contribution in [2.45, 2.75) is 45.3 Å². The molecule has 1 saturated heterocycles. The van der Waals surface area contributed by atoms with E-state index in [1.807, 2.05) is 0 Å². The SMILES string of the molecule is CN[C@@H]1O[C@H](COC(C)=O)[C@@H](OC(C)=O)C1OC(C)=O. The van der Waals surface area contributed by atoms with Gasteiger partial charge in [0, 0.05) is 20.8 Å². The van der Waals surface area contributed by atoms with Crippen molar-refractivity contribution in [1.82, 2.24) is 5.32 Å². The Balaban J connectivity index is 2.84. The second-order valence-corrected chi connectivity index (χ2v) is 4.33. The highest BCUT2D eigenvalue weighted by molar-refractivity contribution is 5.68. The minimum atomic E-state index is -0.840. The molecule has 1 unspecified atom stereocenters. The van der Waals surface area contributed by atoms with E-state index in [1.165, 1.54) is 20.8 Å². The van der Waals surface area contributed by atoms with Gasteiger partial charge in [0.25, 0.3) is 0 Å². The van der Waals surface area contributed by atoms with E-state index in [9.17, 15) is 14.4 Å². The molecule has 0 radical (unpaired) electrons. The normalized spacial score (nSPS) is 28.8. The molecule has 8 heteroatoms. The Bertz CT molecular complexity index is 384. The van der Waals surface area contributed by atoms with E-state index < -0.39 is 42.4 Å². The Hall–Kier alpha value is -1.67. The first-order valence-corrected chi connectivity index (χ1v) is 6.15. The van der Waals surface area contributed by atoms with E-state index >= 15 is 0 Å². The van der Waals surface area contributed by atoms with Crippen LogP contribution in [0.3, 0.4) is 0 Å². The van der Waals surface area contributed by atoms with Crippen molar-refractivity contribution in [3.8, 4) is 0 Å². The summed E-state index contributed by atoms with van der Waals surface area (Å²) in [7, 11) is 1.61. The molecule has 1 aliphatic heterocycles. The zero-order valence-corrected chi connectivity index (χ0v) is 11.9. The average molecular weight is 289 g/mol. The standard InChI is InChI=1S/C12H19NO7/c1-6(14)17-5-9-10(18-7(2)15)11(19-8(3)16)12(13-4)20-9/h9-13H,5H2,1-4H3/t9-,10-,11?,12-/m1/s1. The highest BCUT2D eigenvalue weighted by atomic mass is 16.7. The summed E-state index contributed by atoms with van der Waals surface area (Å²) in [5.74, 6) is -1.54. The van der Waals surface area contributed by atoms with E-state index in [2.05, 4.69) is 5.32 Å². The molecule has 4 atom stereocenters. The van der Waals surface area contributed by atoms with E-state index in [1.54, 1.807) is 7.05 Å². The fraction of sp³-hybridized carbons (Fsp3) is 0.750. The quantitative estimate of drug-likeness (QED) is 0.527. The van der Waals surface area contributed by atoms with Crippen LogP contribution in [0.4, 0.5) is 0 Å². The van der Waals surface area contributed by atoms with Gasteiger partial charge < -0.3 is 18.9 Å². The van der Waals surface area contributed by atoms with Crippen molar-refractivity contribution >= 4 is 17.9 Å². The van der Waals surface area contributed by atoms with Gasteiger partial charge in [-0.3, -0.25) is 19.7 Å². The number of carbonyl (C=O) groups excluding carboxylic acids is 3. The van der Waals surface area contributed by atoms with E-state index in [0.717, 1.165) is 0 Å². The molecule has 1 fully saturated rings. The molecular formula is C12H19NO7. The Morgan fingerprint density at radius 2 is 1.55 bits per heavy atom. The molecule has 8 nitrogen and oxygen atoms in total. The molecule has 1 heterocycles. The lowest BCUT2D eigenvalue weighted by molar-refractivity contribution is -0.165. The van der Waals surface area contributed by atoms with Gasteiger partial charge in [0.05, 0.1) is 0 Å². The Morgan fingerprint density at radius 1 is 1.00 bits per heavy atom. The molecule has 0 aromatic heterocycles. The average Bonchev–Trinajstić information content (AvgIpc) is 2.63. The molecule has 0 aliphatic carbocycles. The van der Waals surface area contributed by atoms with Crippen LogP contribution < -0.4 is 5.32 Å². The lowest BCUT2D eigenvalue weighted by Crippen LogP contribution is -2.44. The first kappa shape index (κ1) is 16.4. The topological polar surface area (TPSA) is 100 Å². The van der Waals surface area contributed by atoms with Gasteiger partial charge in [-0.2, -0.15) is 0 Å². The zero-order chi connectivity index (χ0) is 15.3. The summed E-state index contributed by atoms with van der Waals surface area (Å²) < 4.78 is 20.7. The Morgan fingerprint density at radius 3 is 2.00 bits per heavy atom. The highest BCUT2D eigenvalue weighted by Gasteiger charge is 2.49. The first-order chi connectivity index (χ1) is 9.35. The van der Waals surface area contributed by atoms with Crippen LogP contribution in [-0.2, 0) is 33.3 Å². The van der Waals surface area contributed by atoms with Crippen molar-refractivity contribution in [2.75, 3.05) is 13.7 Å². The van der Waals surface area contributed by atoms with Gasteiger partial charge in [0.15, 0.2) is 12.2 Å². The lowest BCUT2D eigenvalue weighted by Gasteiger charge is -2.23. The molecule has 0 spiro atoms. The van der Waals surface area contributed by atoms with Crippen LogP contribution in [0, 0.1) is 0 Å². The molecule has 0 aromatic carbocycles. The maximum atomic E-state index is 11.2. The minimum Gasteiger partial charge on any atom is -0.463 e. The van der Waals surface area contributed by atoms with Gasteiger partial charge in [0.2, 0.25) is 0 Å². The molecule has 20 heavy (non-hydrogen) atoms. The first-order valence-electron chi connectivity index (χ1n) is 6.15. The fourth-order valence-corrected chi connectivity index (χ4v) is 1.95. The summed E-state index contributed by atoms with van der Waals surface area (Å²) in [6.07, 6.45) is -3.00. The summed E-state index contributed by atoms with van der Waals surface area (Å²) in [6, 6.07) is 0. The van der Waals surface area contributed by atoms with E-state index in [4.69, 9.17) is 18.9 Å². The van der Waals surface area contributed by atoms with Crippen molar-refractivity contribution in [3.63, 3.8) is 0 Å². The molecule has 1 rings (SSSR count). The summed E-state index contributed by atoms with van der Waals surface area (Å²) in [5, 5.41) is 2.81. The minimum absolute atomic E-state index is 0.0940. The maximum Gasteiger partial charge on any atom is 0.303 e. The molecule has 0 aromatic rings. The van der Waals surface area contributed by atoms with Crippen molar-refractivity contribution in [1.29, 1.82) is 0 Å². The number of hydrogen-bond donors (Lipinski definition) is 1. The van der Waals surface area contributed by atoms with Gasteiger partial charge in [0.1, 0.15) is 18.9 Å². The molecular weight excluding hydrogens is 270 g/mol. The largest absolute Gasteiger partial charge is 0.463 e. The highest BCUT2D eigenvalue weighted by Crippen LogP contribution is 2.26. The van der Waals surface area contributed by atoms with Crippen molar-refractivity contribution in [2.24, 2.45) is 0 Å². The number of rotatable bonds is 5. The van der Waals surface area contributed by atoms with Gasteiger partial charge in [-0.15, -0.1) is 0 Å². The Labute approximate surface area is 116 Å². The third kappa shape index (κ3) is 4.46. The zero-order valence-electron chi connectivity index (χ0n) is 11.9. The molecule has 114 valence electrons. The number of hydrogen-bond acceptors (Lipinski definition) is 8. The lowest BCUT2D eigenvalue weighted by atomic mass is 10.1.